The van der Waals surface area contributed by atoms with Gasteiger partial charge in [0.15, 0.2) is 0 Å². The summed E-state index contributed by atoms with van der Waals surface area (Å²) in [6.07, 6.45) is 0. The second kappa shape index (κ2) is 11.2. The molecule has 0 atom stereocenters. The van der Waals surface area contributed by atoms with Crippen molar-refractivity contribution in [2.75, 3.05) is 18.4 Å². The van der Waals surface area contributed by atoms with Crippen LogP contribution in [0.2, 0.25) is 0 Å². The van der Waals surface area contributed by atoms with E-state index in [2.05, 4.69) is 35.4 Å². The van der Waals surface area contributed by atoms with Crippen LogP contribution in [0.5, 0.6) is 0 Å². The summed E-state index contributed by atoms with van der Waals surface area (Å²) < 4.78 is 13.8. The maximum Gasteiger partial charge on any atom is 0.258 e. The molecule has 0 aliphatic carbocycles. The van der Waals surface area contributed by atoms with Crippen LogP contribution < -0.4 is 10.6 Å². The van der Waals surface area contributed by atoms with Gasteiger partial charge in [-0.15, -0.1) is 0 Å². The lowest BCUT2D eigenvalue weighted by molar-refractivity contribution is 0.0949. The first kappa shape index (κ1) is 23.2. The van der Waals surface area contributed by atoms with Gasteiger partial charge in [0.05, 0.1) is 5.56 Å². The average Bonchev–Trinajstić information content (AvgIpc) is 2.82. The molecule has 0 aliphatic heterocycles. The van der Waals surface area contributed by atoms with Crippen LogP contribution in [0, 0.1) is 5.82 Å². The Kier molecular flexibility index (Phi) is 8.11. The molecule has 0 saturated heterocycles. The number of nitrogens with one attached hydrogen (secondary N) is 2. The van der Waals surface area contributed by atoms with Crippen LogP contribution in [0.25, 0.3) is 0 Å². The van der Waals surface area contributed by atoms with Crippen molar-refractivity contribution in [1.29, 1.82) is 0 Å². The predicted molar refractivity (Wildman–Crippen MR) is 125 cm³/mol. The van der Waals surface area contributed by atoms with Crippen molar-refractivity contribution in [1.82, 2.24) is 10.2 Å². The zero-order valence-corrected chi connectivity index (χ0v) is 18.4. The van der Waals surface area contributed by atoms with Crippen LogP contribution in [-0.4, -0.2) is 29.8 Å². The topological polar surface area (TPSA) is 61.4 Å². The third-order valence-corrected chi connectivity index (χ3v) is 5.35. The van der Waals surface area contributed by atoms with E-state index in [9.17, 15) is 14.0 Å². The van der Waals surface area contributed by atoms with Gasteiger partial charge in [-0.3, -0.25) is 14.5 Å². The highest BCUT2D eigenvalue weighted by molar-refractivity contribution is 6.05. The summed E-state index contributed by atoms with van der Waals surface area (Å²) in [4.78, 5) is 27.4. The lowest BCUT2D eigenvalue weighted by Crippen LogP contribution is -2.26. The summed E-state index contributed by atoms with van der Waals surface area (Å²) in [6.45, 7) is 7.42. The molecule has 0 radical (unpaired) electrons. The first-order valence-corrected chi connectivity index (χ1v) is 10.7. The smallest absolute Gasteiger partial charge is 0.258 e. The van der Waals surface area contributed by atoms with Crippen molar-refractivity contribution in [3.63, 3.8) is 0 Å². The Morgan fingerprint density at radius 3 is 2.25 bits per heavy atom. The molecule has 0 saturated carbocycles. The first-order chi connectivity index (χ1) is 15.5. The van der Waals surface area contributed by atoms with Crippen molar-refractivity contribution in [2.24, 2.45) is 0 Å². The number of carbonyl (C=O) groups is 2. The Balaban J connectivity index is 1.66. The van der Waals surface area contributed by atoms with Crippen molar-refractivity contribution in [3.05, 3.63) is 101 Å². The highest BCUT2D eigenvalue weighted by atomic mass is 19.1. The molecule has 3 rings (SSSR count). The van der Waals surface area contributed by atoms with Gasteiger partial charge in [-0.05, 0) is 54.5 Å². The molecular formula is C26H28FN3O2. The van der Waals surface area contributed by atoms with Crippen molar-refractivity contribution in [3.8, 4) is 0 Å². The van der Waals surface area contributed by atoms with Crippen LogP contribution in [0.15, 0.2) is 72.8 Å². The van der Waals surface area contributed by atoms with E-state index in [1.54, 1.807) is 30.3 Å². The van der Waals surface area contributed by atoms with E-state index < -0.39 is 11.7 Å². The van der Waals surface area contributed by atoms with Crippen molar-refractivity contribution < 1.29 is 14.0 Å². The van der Waals surface area contributed by atoms with E-state index in [1.165, 1.54) is 23.8 Å². The second-order valence-electron chi connectivity index (χ2n) is 7.43. The third-order valence-electron chi connectivity index (χ3n) is 5.35. The lowest BCUT2D eigenvalue weighted by atomic mass is 10.1. The summed E-state index contributed by atoms with van der Waals surface area (Å²) in [5.41, 5.74) is 3.04. The van der Waals surface area contributed by atoms with E-state index >= 15 is 0 Å². The van der Waals surface area contributed by atoms with Gasteiger partial charge in [-0.2, -0.15) is 0 Å². The van der Waals surface area contributed by atoms with Crippen LogP contribution in [0.1, 0.15) is 45.7 Å². The molecule has 2 N–H and O–H groups in total. The summed E-state index contributed by atoms with van der Waals surface area (Å²) >= 11 is 0. The molecule has 0 spiro atoms. The fourth-order valence-corrected chi connectivity index (χ4v) is 3.43. The van der Waals surface area contributed by atoms with Gasteiger partial charge in [-0.1, -0.05) is 56.3 Å². The molecule has 0 aromatic heterocycles. The van der Waals surface area contributed by atoms with Gasteiger partial charge in [0.1, 0.15) is 5.82 Å². The average molecular weight is 434 g/mol. The van der Waals surface area contributed by atoms with Crippen molar-refractivity contribution in [2.45, 2.75) is 26.9 Å². The monoisotopic (exact) mass is 433 g/mol. The fraction of sp³-hybridized carbons (Fsp3) is 0.231. The van der Waals surface area contributed by atoms with Gasteiger partial charge in [0.2, 0.25) is 0 Å². The fourth-order valence-electron chi connectivity index (χ4n) is 3.43. The van der Waals surface area contributed by atoms with Gasteiger partial charge in [0.25, 0.3) is 11.8 Å². The Bertz CT molecular complexity index is 1080. The molecule has 3 aromatic rings. The standard InChI is InChI=1S/C26H28FN3O2/c1-3-30(4-2)18-21-11-6-5-10-20(21)17-28-25(31)19-12-9-13-22(16-19)29-26(32)23-14-7-8-15-24(23)27/h5-16H,3-4,17-18H2,1-2H3,(H,28,31)(H,29,32). The maximum absolute atomic E-state index is 13.8. The van der Waals surface area contributed by atoms with Crippen LogP contribution >= 0.6 is 0 Å². The molecule has 32 heavy (non-hydrogen) atoms. The molecule has 166 valence electrons. The molecule has 0 fully saturated rings. The minimum atomic E-state index is -0.595. The number of anilines is 1. The Labute approximate surface area is 188 Å². The Morgan fingerprint density at radius 1 is 0.844 bits per heavy atom. The van der Waals surface area contributed by atoms with Gasteiger partial charge in [0, 0.05) is 24.3 Å². The summed E-state index contributed by atoms with van der Waals surface area (Å²) in [5.74, 6) is -1.40. The molecular weight excluding hydrogens is 405 g/mol. The van der Waals surface area contributed by atoms with E-state index in [4.69, 9.17) is 0 Å². The number of carbonyl (C=O) groups excluding carboxylic acids is 2. The molecule has 2 amide bonds. The van der Waals surface area contributed by atoms with Crippen LogP contribution in [0.3, 0.4) is 0 Å². The largest absolute Gasteiger partial charge is 0.348 e. The Morgan fingerprint density at radius 2 is 1.53 bits per heavy atom. The highest BCUT2D eigenvalue weighted by Crippen LogP contribution is 2.15. The number of halogens is 1. The molecule has 0 heterocycles. The molecule has 0 aliphatic rings. The zero-order chi connectivity index (χ0) is 22.9. The summed E-state index contributed by atoms with van der Waals surface area (Å²) in [7, 11) is 0. The maximum atomic E-state index is 13.8. The van der Waals surface area contributed by atoms with E-state index in [1.807, 2.05) is 18.2 Å². The molecule has 6 heteroatoms. The van der Waals surface area contributed by atoms with Gasteiger partial charge >= 0.3 is 0 Å². The normalized spacial score (nSPS) is 10.8. The minimum absolute atomic E-state index is 0.0489. The van der Waals surface area contributed by atoms with Gasteiger partial charge in [-0.25, -0.2) is 4.39 Å². The van der Waals surface area contributed by atoms with Crippen LogP contribution in [0.4, 0.5) is 10.1 Å². The first-order valence-electron chi connectivity index (χ1n) is 10.7. The number of hydrogen-bond acceptors (Lipinski definition) is 3. The molecule has 0 unspecified atom stereocenters. The summed E-state index contributed by atoms with van der Waals surface area (Å²) in [6, 6.07) is 20.4. The minimum Gasteiger partial charge on any atom is -0.348 e. The van der Waals surface area contributed by atoms with Crippen molar-refractivity contribution >= 4 is 17.5 Å². The SMILES string of the molecule is CCN(CC)Cc1ccccc1CNC(=O)c1cccc(NC(=O)c2ccccc2F)c1. The Hall–Kier alpha value is -3.51. The van der Waals surface area contributed by atoms with E-state index in [-0.39, 0.29) is 11.5 Å². The quantitative estimate of drug-likeness (QED) is 0.507. The van der Waals surface area contributed by atoms with Crippen LogP contribution in [-0.2, 0) is 13.1 Å². The number of rotatable bonds is 9. The van der Waals surface area contributed by atoms with E-state index in [0.717, 1.165) is 25.2 Å². The molecule has 0 bridgehead atoms. The highest BCUT2D eigenvalue weighted by Gasteiger charge is 2.13. The zero-order valence-electron chi connectivity index (χ0n) is 18.4. The molecule has 5 nitrogen and oxygen atoms in total. The molecule has 3 aromatic carbocycles. The number of benzene rings is 3. The number of nitrogens with zero attached hydrogens (tertiary/aromatic N) is 1. The third kappa shape index (κ3) is 6.02. The number of hydrogen-bond donors (Lipinski definition) is 2. The summed E-state index contributed by atoms with van der Waals surface area (Å²) in [5, 5.41) is 5.60. The van der Waals surface area contributed by atoms with Gasteiger partial charge < -0.3 is 10.6 Å². The number of amides is 2. The van der Waals surface area contributed by atoms with E-state index in [0.29, 0.717) is 17.8 Å². The predicted octanol–water partition coefficient (Wildman–Crippen LogP) is 4.85. The lowest BCUT2D eigenvalue weighted by Gasteiger charge is -2.20. The second-order valence-corrected chi connectivity index (χ2v) is 7.43.